The summed E-state index contributed by atoms with van der Waals surface area (Å²) in [7, 11) is 0. The van der Waals surface area contributed by atoms with Gasteiger partial charge in [-0.15, -0.1) is 0 Å². The summed E-state index contributed by atoms with van der Waals surface area (Å²) in [5.74, 6) is 0.196. The molecule has 0 heterocycles. The maximum absolute atomic E-state index is 11.6. The molecule has 0 bridgehead atoms. The predicted octanol–water partition coefficient (Wildman–Crippen LogP) is 3.26. The number of carbonyl (C=O) groups excluding carboxylic acids is 1. The van der Waals surface area contributed by atoms with Gasteiger partial charge in [0, 0.05) is 6.54 Å². The Morgan fingerprint density at radius 3 is 2.84 bits per heavy atom. The third-order valence-electron chi connectivity index (χ3n) is 3.17. The van der Waals surface area contributed by atoms with Crippen molar-refractivity contribution in [3.8, 4) is 0 Å². The lowest BCUT2D eigenvalue weighted by Gasteiger charge is -2.14. The quantitative estimate of drug-likeness (QED) is 0.650. The molecule has 3 nitrogen and oxygen atoms in total. The lowest BCUT2D eigenvalue weighted by molar-refractivity contribution is 0.0246. The number of benzene rings is 1. The summed E-state index contributed by atoms with van der Waals surface area (Å²) in [6.07, 6.45) is 8.62. The molecule has 0 spiro atoms. The van der Waals surface area contributed by atoms with Gasteiger partial charge in [0.15, 0.2) is 0 Å². The van der Waals surface area contributed by atoms with Crippen molar-refractivity contribution in [1.82, 2.24) is 5.48 Å². The molecular weight excluding hydrogens is 238 g/mol. The fraction of sp³-hybridized carbons (Fsp3) is 0.312. The first-order valence-corrected chi connectivity index (χ1v) is 6.60. The van der Waals surface area contributed by atoms with Crippen LogP contribution in [0.2, 0.25) is 0 Å². The van der Waals surface area contributed by atoms with Gasteiger partial charge in [-0.25, -0.2) is 4.79 Å². The van der Waals surface area contributed by atoms with Crippen molar-refractivity contribution in [2.24, 2.45) is 5.92 Å². The van der Waals surface area contributed by atoms with Crippen molar-refractivity contribution in [2.45, 2.75) is 19.8 Å². The molecule has 0 amide bonds. The zero-order valence-electron chi connectivity index (χ0n) is 11.1. The topological polar surface area (TPSA) is 38.3 Å². The van der Waals surface area contributed by atoms with E-state index in [1.54, 1.807) is 12.1 Å². The van der Waals surface area contributed by atoms with Crippen LogP contribution in [0, 0.1) is 5.92 Å². The van der Waals surface area contributed by atoms with Crippen LogP contribution in [0.4, 0.5) is 0 Å². The second-order valence-electron chi connectivity index (χ2n) is 4.74. The summed E-state index contributed by atoms with van der Waals surface area (Å²) in [6.45, 7) is 2.77. The summed E-state index contributed by atoms with van der Waals surface area (Å²) < 4.78 is 0. The highest BCUT2D eigenvalue weighted by molar-refractivity contribution is 5.89. The highest BCUT2D eigenvalue weighted by Crippen LogP contribution is 2.18. The maximum Gasteiger partial charge on any atom is 0.356 e. The molecule has 0 saturated carbocycles. The van der Waals surface area contributed by atoms with E-state index in [1.165, 1.54) is 5.57 Å². The minimum atomic E-state index is -0.337. The number of nitrogens with one attached hydrogen (secondary N) is 1. The van der Waals surface area contributed by atoms with E-state index in [2.05, 4.69) is 30.6 Å². The Morgan fingerprint density at radius 1 is 1.37 bits per heavy atom. The Kier molecular flexibility index (Phi) is 4.93. The van der Waals surface area contributed by atoms with E-state index >= 15 is 0 Å². The van der Waals surface area contributed by atoms with E-state index < -0.39 is 0 Å². The second-order valence-corrected chi connectivity index (χ2v) is 4.74. The predicted molar refractivity (Wildman–Crippen MR) is 75.5 cm³/mol. The normalized spacial score (nSPS) is 17.9. The monoisotopic (exact) mass is 257 g/mol. The molecule has 1 N–H and O–H groups in total. The van der Waals surface area contributed by atoms with E-state index in [0.29, 0.717) is 18.0 Å². The van der Waals surface area contributed by atoms with E-state index in [1.807, 2.05) is 18.2 Å². The van der Waals surface area contributed by atoms with Gasteiger partial charge in [-0.1, -0.05) is 42.0 Å². The van der Waals surface area contributed by atoms with Gasteiger partial charge in [-0.3, -0.25) is 0 Å². The van der Waals surface area contributed by atoms with Gasteiger partial charge in [-0.2, -0.15) is 5.48 Å². The molecule has 1 aliphatic carbocycles. The van der Waals surface area contributed by atoms with Gasteiger partial charge < -0.3 is 4.84 Å². The molecule has 1 unspecified atom stereocenters. The molecule has 2 rings (SSSR count). The van der Waals surface area contributed by atoms with Crippen LogP contribution in [0.25, 0.3) is 0 Å². The van der Waals surface area contributed by atoms with E-state index in [4.69, 9.17) is 4.84 Å². The molecule has 0 aromatic heterocycles. The molecule has 0 saturated heterocycles. The highest BCUT2D eigenvalue weighted by Gasteiger charge is 2.08. The average Bonchev–Trinajstić information content (AvgIpc) is 2.46. The zero-order valence-corrected chi connectivity index (χ0v) is 11.1. The van der Waals surface area contributed by atoms with Crippen LogP contribution in [-0.4, -0.2) is 12.5 Å². The van der Waals surface area contributed by atoms with Crippen LogP contribution in [0.1, 0.15) is 30.1 Å². The molecule has 19 heavy (non-hydrogen) atoms. The number of hydrogen-bond donors (Lipinski definition) is 1. The molecule has 1 aromatic rings. The van der Waals surface area contributed by atoms with E-state index in [-0.39, 0.29) is 5.97 Å². The molecule has 3 heteroatoms. The van der Waals surface area contributed by atoms with E-state index in [0.717, 1.165) is 12.8 Å². The SMILES string of the molecule is CC1=CCC(CCNOC(=O)c2ccccc2)C=C1. The highest BCUT2D eigenvalue weighted by atomic mass is 16.7. The number of rotatable bonds is 5. The van der Waals surface area contributed by atoms with Crippen molar-refractivity contribution in [1.29, 1.82) is 0 Å². The first-order valence-electron chi connectivity index (χ1n) is 6.60. The van der Waals surface area contributed by atoms with Crippen molar-refractivity contribution in [3.05, 3.63) is 59.7 Å². The molecule has 1 aliphatic rings. The maximum atomic E-state index is 11.6. The van der Waals surface area contributed by atoms with Crippen molar-refractivity contribution >= 4 is 5.97 Å². The number of hydrogen-bond acceptors (Lipinski definition) is 3. The second kappa shape index (κ2) is 6.90. The van der Waals surface area contributed by atoms with Crippen molar-refractivity contribution in [2.75, 3.05) is 6.54 Å². The number of allylic oxidation sites excluding steroid dienone is 4. The third kappa shape index (κ3) is 4.38. The van der Waals surface area contributed by atoms with Crippen LogP contribution in [0.5, 0.6) is 0 Å². The first-order chi connectivity index (χ1) is 9.25. The average molecular weight is 257 g/mol. The van der Waals surface area contributed by atoms with Crippen LogP contribution in [0.15, 0.2) is 54.1 Å². The van der Waals surface area contributed by atoms with Crippen LogP contribution < -0.4 is 5.48 Å². The molecular formula is C16H19NO2. The molecule has 0 fully saturated rings. The van der Waals surface area contributed by atoms with Gasteiger partial charge in [0.05, 0.1) is 5.56 Å². The Labute approximate surface area is 113 Å². The Hall–Kier alpha value is -1.87. The Bertz CT molecular complexity index is 477. The summed E-state index contributed by atoms with van der Waals surface area (Å²) in [4.78, 5) is 16.6. The Balaban J connectivity index is 1.65. The molecule has 1 aromatic carbocycles. The van der Waals surface area contributed by atoms with Crippen LogP contribution >= 0.6 is 0 Å². The van der Waals surface area contributed by atoms with Crippen LogP contribution in [0.3, 0.4) is 0 Å². The summed E-state index contributed by atoms with van der Waals surface area (Å²) >= 11 is 0. The number of hydroxylamine groups is 1. The standard InChI is InChI=1S/C16H19NO2/c1-13-7-9-14(10-8-13)11-12-17-19-16(18)15-5-3-2-4-6-15/h2-9,14,17H,10-12H2,1H3. The summed E-state index contributed by atoms with van der Waals surface area (Å²) in [5, 5.41) is 0. The largest absolute Gasteiger partial charge is 0.367 e. The van der Waals surface area contributed by atoms with Crippen molar-refractivity contribution < 1.29 is 9.63 Å². The molecule has 0 radical (unpaired) electrons. The third-order valence-corrected chi connectivity index (χ3v) is 3.17. The van der Waals surface area contributed by atoms with Crippen LogP contribution in [-0.2, 0) is 4.84 Å². The van der Waals surface area contributed by atoms with Gasteiger partial charge in [0.2, 0.25) is 0 Å². The van der Waals surface area contributed by atoms with Gasteiger partial charge in [0.25, 0.3) is 0 Å². The fourth-order valence-corrected chi connectivity index (χ4v) is 1.98. The Morgan fingerprint density at radius 2 is 2.16 bits per heavy atom. The fourth-order valence-electron chi connectivity index (χ4n) is 1.98. The molecule has 1 atom stereocenters. The number of carbonyl (C=O) groups is 1. The summed E-state index contributed by atoms with van der Waals surface area (Å²) in [5.41, 5.74) is 4.62. The first kappa shape index (κ1) is 13.6. The van der Waals surface area contributed by atoms with Gasteiger partial charge >= 0.3 is 5.97 Å². The molecule has 0 aliphatic heterocycles. The van der Waals surface area contributed by atoms with E-state index in [9.17, 15) is 4.79 Å². The van der Waals surface area contributed by atoms with Gasteiger partial charge in [-0.05, 0) is 37.8 Å². The minimum Gasteiger partial charge on any atom is -0.367 e. The molecule has 100 valence electrons. The smallest absolute Gasteiger partial charge is 0.356 e. The minimum absolute atomic E-state index is 0.337. The van der Waals surface area contributed by atoms with Crippen molar-refractivity contribution in [3.63, 3.8) is 0 Å². The van der Waals surface area contributed by atoms with Gasteiger partial charge in [0.1, 0.15) is 0 Å². The lowest BCUT2D eigenvalue weighted by atomic mass is 9.95. The summed E-state index contributed by atoms with van der Waals surface area (Å²) in [6, 6.07) is 8.98. The zero-order chi connectivity index (χ0) is 13.5. The lowest BCUT2D eigenvalue weighted by Crippen LogP contribution is -2.22.